The maximum atomic E-state index is 14.3. The summed E-state index contributed by atoms with van der Waals surface area (Å²) >= 11 is 0. The van der Waals surface area contributed by atoms with E-state index in [2.05, 4.69) is 4.90 Å². The van der Waals surface area contributed by atoms with Gasteiger partial charge in [0.2, 0.25) is 0 Å². The molecule has 1 saturated heterocycles. The van der Waals surface area contributed by atoms with E-state index >= 15 is 0 Å². The number of likely N-dealkylation sites (tertiary alicyclic amines) is 1. The molecule has 34 heavy (non-hydrogen) atoms. The fourth-order valence-electron chi connectivity index (χ4n) is 6.75. The van der Waals surface area contributed by atoms with Crippen molar-refractivity contribution in [3.63, 3.8) is 0 Å². The fourth-order valence-corrected chi connectivity index (χ4v) is 6.75. The topological polar surface area (TPSA) is 60.8 Å². The van der Waals surface area contributed by atoms with Crippen LogP contribution >= 0.6 is 0 Å². The van der Waals surface area contributed by atoms with Crippen molar-refractivity contribution in [2.45, 2.75) is 43.9 Å². The number of aliphatic hydroxyl groups is 1. The van der Waals surface area contributed by atoms with Crippen molar-refractivity contribution in [3.05, 3.63) is 107 Å². The van der Waals surface area contributed by atoms with Crippen LogP contribution in [-0.4, -0.2) is 33.7 Å². The Morgan fingerprint density at radius 2 is 1.71 bits per heavy atom. The summed E-state index contributed by atoms with van der Waals surface area (Å²) in [4.78, 5) is 15.4. The molecular weight excluding hydrogens is 429 g/mol. The minimum absolute atomic E-state index is 0.226. The van der Waals surface area contributed by atoms with Crippen LogP contribution in [0.4, 0.5) is 4.39 Å². The van der Waals surface area contributed by atoms with Crippen LogP contribution in [0.3, 0.4) is 0 Å². The van der Waals surface area contributed by atoms with Gasteiger partial charge in [0.05, 0.1) is 11.0 Å². The van der Waals surface area contributed by atoms with E-state index in [4.69, 9.17) is 0 Å². The molecule has 2 N–H and O–H groups in total. The van der Waals surface area contributed by atoms with Gasteiger partial charge in [-0.3, -0.25) is 9.69 Å². The number of halogens is 1. The average molecular weight is 460 g/mol. The third-order valence-corrected chi connectivity index (χ3v) is 8.18. The fraction of sp³-hybridized carbons (Fsp3) is 0.345. The van der Waals surface area contributed by atoms with Gasteiger partial charge in [-0.05, 0) is 48.6 Å². The molecule has 3 aromatic carbocycles. The van der Waals surface area contributed by atoms with E-state index in [1.165, 1.54) is 12.1 Å². The van der Waals surface area contributed by atoms with Crippen LogP contribution in [0.15, 0.2) is 84.9 Å². The summed E-state index contributed by atoms with van der Waals surface area (Å²) < 4.78 is 14.3. The smallest absolute Gasteiger partial charge is 0.312 e. The molecule has 3 aromatic rings. The van der Waals surface area contributed by atoms with Crippen LogP contribution < -0.4 is 0 Å². The Hall–Kier alpha value is -3.02. The number of nitrogens with zero attached hydrogens (tertiary/aromatic N) is 1. The molecule has 5 heteroatoms. The maximum absolute atomic E-state index is 14.3. The highest BCUT2D eigenvalue weighted by molar-refractivity contribution is 5.78. The second kappa shape index (κ2) is 8.64. The molecule has 2 aliphatic rings. The third kappa shape index (κ3) is 3.55. The van der Waals surface area contributed by atoms with Crippen molar-refractivity contribution in [1.82, 2.24) is 4.90 Å². The Kier molecular flexibility index (Phi) is 5.78. The lowest BCUT2D eigenvalue weighted by molar-refractivity contribution is -0.172. The highest BCUT2D eigenvalue weighted by Crippen LogP contribution is 2.63. The summed E-state index contributed by atoms with van der Waals surface area (Å²) in [6.45, 7) is 2.92. The Morgan fingerprint density at radius 3 is 2.35 bits per heavy atom. The molecule has 5 atom stereocenters. The molecule has 5 unspecified atom stereocenters. The summed E-state index contributed by atoms with van der Waals surface area (Å²) in [6.07, 6.45) is 0.880. The lowest BCUT2D eigenvalue weighted by Gasteiger charge is -2.52. The van der Waals surface area contributed by atoms with Crippen molar-refractivity contribution < 1.29 is 19.4 Å². The van der Waals surface area contributed by atoms with Crippen molar-refractivity contribution in [2.24, 2.45) is 11.3 Å². The van der Waals surface area contributed by atoms with Crippen molar-refractivity contribution >= 4 is 5.97 Å². The zero-order valence-electron chi connectivity index (χ0n) is 19.3. The van der Waals surface area contributed by atoms with E-state index in [-0.39, 0.29) is 12.0 Å². The van der Waals surface area contributed by atoms with Gasteiger partial charge in [0.25, 0.3) is 0 Å². The van der Waals surface area contributed by atoms with Crippen LogP contribution in [0.5, 0.6) is 0 Å². The Labute approximate surface area is 199 Å². The Morgan fingerprint density at radius 1 is 1.03 bits per heavy atom. The van der Waals surface area contributed by atoms with Crippen LogP contribution in [0.2, 0.25) is 0 Å². The van der Waals surface area contributed by atoms with E-state index in [0.717, 1.165) is 11.1 Å². The number of carboxylic acids is 1. The predicted molar refractivity (Wildman–Crippen MR) is 129 cm³/mol. The first-order chi connectivity index (χ1) is 16.4. The summed E-state index contributed by atoms with van der Waals surface area (Å²) in [5.41, 5.74) is -0.127. The second-order valence-corrected chi connectivity index (χ2v) is 9.89. The van der Waals surface area contributed by atoms with E-state index in [0.29, 0.717) is 31.5 Å². The minimum Gasteiger partial charge on any atom is -0.481 e. The monoisotopic (exact) mass is 459 g/mol. The van der Waals surface area contributed by atoms with Gasteiger partial charge in [-0.1, -0.05) is 72.8 Å². The van der Waals surface area contributed by atoms with Crippen molar-refractivity contribution in [1.29, 1.82) is 0 Å². The van der Waals surface area contributed by atoms with Crippen molar-refractivity contribution in [2.75, 3.05) is 6.54 Å². The van der Waals surface area contributed by atoms with Crippen LogP contribution in [0.1, 0.15) is 42.4 Å². The summed E-state index contributed by atoms with van der Waals surface area (Å²) in [5, 5.41) is 23.1. The van der Waals surface area contributed by atoms with Crippen molar-refractivity contribution in [3.8, 4) is 0 Å². The van der Waals surface area contributed by atoms with E-state index in [9.17, 15) is 19.4 Å². The minimum atomic E-state index is -1.45. The molecule has 0 amide bonds. The molecule has 176 valence electrons. The molecule has 2 fully saturated rings. The second-order valence-electron chi connectivity index (χ2n) is 9.89. The number of hydrogen-bond donors (Lipinski definition) is 2. The van der Waals surface area contributed by atoms with E-state index in [1.54, 1.807) is 12.1 Å². The zero-order chi connectivity index (χ0) is 23.9. The molecule has 0 aromatic heterocycles. The zero-order valence-corrected chi connectivity index (χ0v) is 19.3. The largest absolute Gasteiger partial charge is 0.481 e. The molecule has 0 bridgehead atoms. The normalized spacial score (nSPS) is 31.2. The lowest BCUT2D eigenvalue weighted by Crippen LogP contribution is -2.57. The SMILES string of the molecule is CC1C2C(O)(c3cccc(F)c3)CCC(c3ccccc3)C2(C(=O)O)CN1Cc1ccccc1. The Bertz CT molecular complexity index is 1170. The number of rotatable bonds is 5. The first-order valence-corrected chi connectivity index (χ1v) is 11.9. The van der Waals surface area contributed by atoms with Crippen LogP contribution in [0, 0.1) is 17.2 Å². The number of benzene rings is 3. The van der Waals surface area contributed by atoms with Gasteiger partial charge in [0.1, 0.15) is 5.82 Å². The van der Waals surface area contributed by atoms with Gasteiger partial charge in [-0.25, -0.2) is 4.39 Å². The molecule has 5 rings (SSSR count). The number of aliphatic carboxylic acids is 1. The molecule has 4 nitrogen and oxygen atoms in total. The summed E-state index contributed by atoms with van der Waals surface area (Å²) in [7, 11) is 0. The third-order valence-electron chi connectivity index (χ3n) is 8.18. The number of carbonyl (C=O) groups is 1. The highest BCUT2D eigenvalue weighted by Gasteiger charge is 2.68. The molecule has 1 aliphatic heterocycles. The number of hydrogen-bond acceptors (Lipinski definition) is 3. The average Bonchev–Trinajstić information content (AvgIpc) is 3.15. The molecule has 1 saturated carbocycles. The predicted octanol–water partition coefficient (Wildman–Crippen LogP) is 5.18. The number of carboxylic acid groups (broad SMARTS) is 1. The van der Waals surface area contributed by atoms with Gasteiger partial charge >= 0.3 is 5.97 Å². The van der Waals surface area contributed by atoms with Gasteiger partial charge in [-0.2, -0.15) is 0 Å². The first-order valence-electron chi connectivity index (χ1n) is 11.9. The molecule has 1 aliphatic carbocycles. The molecule has 0 radical (unpaired) electrons. The van der Waals surface area contributed by atoms with E-state index < -0.39 is 28.7 Å². The van der Waals surface area contributed by atoms with Gasteiger partial charge in [0, 0.05) is 31.0 Å². The lowest BCUT2D eigenvalue weighted by atomic mass is 9.52. The Balaban J connectivity index is 1.66. The standard InChI is InChI=1S/C29H30FNO3/c1-20-26-28(27(32)33,19-31(20)18-21-9-4-2-5-10-21)25(22-11-6-3-7-12-22)15-16-29(26,34)23-13-8-14-24(30)17-23/h2-14,17,20,25-26,34H,15-16,18-19H2,1H3,(H,32,33). The first kappa shape index (κ1) is 22.8. The molecule has 0 spiro atoms. The maximum Gasteiger partial charge on any atom is 0.312 e. The van der Waals surface area contributed by atoms with E-state index in [1.807, 2.05) is 67.6 Å². The van der Waals surface area contributed by atoms with Gasteiger partial charge in [0.15, 0.2) is 0 Å². The van der Waals surface area contributed by atoms with Crippen LogP contribution in [0.25, 0.3) is 0 Å². The summed E-state index contributed by atoms with van der Waals surface area (Å²) in [6, 6.07) is 25.6. The van der Waals surface area contributed by atoms with Crippen LogP contribution in [-0.2, 0) is 16.9 Å². The highest BCUT2D eigenvalue weighted by atomic mass is 19.1. The number of fused-ring (bicyclic) bond motifs is 1. The summed E-state index contributed by atoms with van der Waals surface area (Å²) in [5.74, 6) is -2.19. The van der Waals surface area contributed by atoms with Gasteiger partial charge in [-0.15, -0.1) is 0 Å². The van der Waals surface area contributed by atoms with Gasteiger partial charge < -0.3 is 10.2 Å². The molecule has 1 heterocycles. The quantitative estimate of drug-likeness (QED) is 0.552. The molecular formula is C29H30FNO3.